The van der Waals surface area contributed by atoms with Gasteiger partial charge in [0.15, 0.2) is 17.3 Å². The summed E-state index contributed by atoms with van der Waals surface area (Å²) in [5, 5.41) is 10.2. The number of hydrogen-bond donors (Lipinski definition) is 2. The van der Waals surface area contributed by atoms with Crippen LogP contribution in [0.3, 0.4) is 0 Å². The zero-order valence-corrected chi connectivity index (χ0v) is 17.6. The van der Waals surface area contributed by atoms with Crippen LogP contribution in [0.15, 0.2) is 16.7 Å². The summed E-state index contributed by atoms with van der Waals surface area (Å²) in [5.74, 6) is 2.40. The minimum absolute atomic E-state index is 0. The zero-order chi connectivity index (χ0) is 19.6. The molecule has 154 valence electrons. The lowest BCUT2D eigenvalue weighted by Gasteiger charge is -2.14. The van der Waals surface area contributed by atoms with Gasteiger partial charge in [0.05, 0.1) is 25.5 Å². The molecule has 28 heavy (non-hydrogen) atoms. The van der Waals surface area contributed by atoms with Crippen molar-refractivity contribution in [3.05, 3.63) is 18.0 Å². The second kappa shape index (κ2) is 9.25. The average molecular weight is 411 g/mol. The second-order valence-electron chi connectivity index (χ2n) is 6.97. The third-order valence-corrected chi connectivity index (χ3v) is 4.91. The summed E-state index contributed by atoms with van der Waals surface area (Å²) in [5.41, 5.74) is 1.17. The summed E-state index contributed by atoms with van der Waals surface area (Å²) in [6.45, 7) is 4.10. The first kappa shape index (κ1) is 22.0. The molecule has 1 aromatic heterocycles. The van der Waals surface area contributed by atoms with Gasteiger partial charge in [0.1, 0.15) is 0 Å². The minimum Gasteiger partial charge on any atom is -0.493 e. The Morgan fingerprint density at radius 2 is 1.96 bits per heavy atom. The van der Waals surface area contributed by atoms with E-state index in [1.54, 1.807) is 26.4 Å². The fraction of sp³-hybridized carbons (Fsp3) is 0.526. The van der Waals surface area contributed by atoms with Crippen LogP contribution in [0, 0.1) is 11.8 Å². The highest BCUT2D eigenvalue weighted by Crippen LogP contribution is 2.41. The molecule has 1 fully saturated rings. The molecule has 1 amide bonds. The first-order valence-electron chi connectivity index (χ1n) is 9.03. The van der Waals surface area contributed by atoms with Gasteiger partial charge in [0.2, 0.25) is 5.91 Å². The number of nitrogens with zero attached hydrogens (tertiary/aromatic N) is 2. The molecule has 3 rings (SSSR count). The molecule has 1 heterocycles. The van der Waals surface area contributed by atoms with E-state index in [1.807, 2.05) is 14.0 Å². The smallest absolute Gasteiger partial charge is 0.260 e. The highest BCUT2D eigenvalue weighted by atomic mass is 35.5. The molecule has 2 aromatic rings. The van der Waals surface area contributed by atoms with Crippen LogP contribution in [0.1, 0.15) is 26.1 Å². The summed E-state index contributed by atoms with van der Waals surface area (Å²) in [6, 6.07) is 3.68. The van der Waals surface area contributed by atoms with Gasteiger partial charge in [-0.1, -0.05) is 12.1 Å². The number of ether oxygens (including phenoxy) is 2. The highest BCUT2D eigenvalue weighted by Gasteiger charge is 2.39. The lowest BCUT2D eigenvalue weighted by atomic mass is 10.1. The van der Waals surface area contributed by atoms with Crippen LogP contribution < -0.4 is 20.1 Å². The third kappa shape index (κ3) is 4.74. The molecule has 2 N–H and O–H groups in total. The van der Waals surface area contributed by atoms with Crippen molar-refractivity contribution in [1.29, 1.82) is 0 Å². The van der Waals surface area contributed by atoms with Crippen LogP contribution in [0.4, 0.5) is 5.69 Å². The number of rotatable bonds is 8. The Morgan fingerprint density at radius 1 is 1.32 bits per heavy atom. The van der Waals surface area contributed by atoms with Gasteiger partial charge in [-0.2, -0.15) is 4.98 Å². The molecular weight excluding hydrogens is 384 g/mol. The Labute approximate surface area is 170 Å². The molecule has 0 saturated heterocycles. The maximum absolute atomic E-state index is 12.5. The number of nitrogens with one attached hydrogen (secondary N) is 2. The van der Waals surface area contributed by atoms with E-state index in [2.05, 4.69) is 27.7 Å². The number of benzene rings is 1. The predicted molar refractivity (Wildman–Crippen MR) is 108 cm³/mol. The summed E-state index contributed by atoms with van der Waals surface area (Å²) in [6.07, 6.45) is 1.54. The number of likely N-dealkylation sites (N-methyl/N-ethyl adjacent to an activating group) is 1. The Hall–Kier alpha value is -2.32. The number of hydrogen-bond acceptors (Lipinski definition) is 7. The van der Waals surface area contributed by atoms with Crippen LogP contribution >= 0.6 is 12.4 Å². The number of anilines is 1. The van der Waals surface area contributed by atoms with Gasteiger partial charge in [-0.15, -0.1) is 12.4 Å². The second-order valence-corrected chi connectivity index (χ2v) is 6.97. The lowest BCUT2D eigenvalue weighted by Crippen LogP contribution is -2.24. The molecule has 0 bridgehead atoms. The van der Waals surface area contributed by atoms with E-state index in [0.717, 1.165) is 6.42 Å². The summed E-state index contributed by atoms with van der Waals surface area (Å²) < 4.78 is 16.2. The van der Waals surface area contributed by atoms with Crippen molar-refractivity contribution in [3.8, 4) is 23.0 Å². The SMILES string of the molecule is CNC(C)Cc1noc(-c2cc(OC)c(OC)cc2NC(=O)C2CC2C)n1.Cl. The number of carbonyl (C=O) groups is 1. The normalized spacial score (nSPS) is 18.8. The average Bonchev–Trinajstić information content (AvgIpc) is 3.23. The van der Waals surface area contributed by atoms with E-state index in [1.165, 1.54) is 0 Å². The monoisotopic (exact) mass is 410 g/mol. The molecule has 1 aliphatic rings. The van der Waals surface area contributed by atoms with Crippen molar-refractivity contribution in [1.82, 2.24) is 15.5 Å². The van der Waals surface area contributed by atoms with E-state index in [0.29, 0.717) is 46.8 Å². The van der Waals surface area contributed by atoms with Gasteiger partial charge in [-0.25, -0.2) is 0 Å². The topological polar surface area (TPSA) is 98.5 Å². The van der Waals surface area contributed by atoms with E-state index in [4.69, 9.17) is 14.0 Å². The summed E-state index contributed by atoms with van der Waals surface area (Å²) >= 11 is 0. The van der Waals surface area contributed by atoms with Crippen molar-refractivity contribution < 1.29 is 18.8 Å². The predicted octanol–water partition coefficient (Wildman–Crippen LogP) is 2.92. The van der Waals surface area contributed by atoms with E-state index in [-0.39, 0.29) is 30.3 Å². The Bertz CT molecular complexity index is 826. The molecule has 8 nitrogen and oxygen atoms in total. The molecule has 1 saturated carbocycles. The zero-order valence-electron chi connectivity index (χ0n) is 16.7. The van der Waals surface area contributed by atoms with Crippen LogP contribution in [-0.4, -0.2) is 43.4 Å². The van der Waals surface area contributed by atoms with Crippen LogP contribution in [-0.2, 0) is 11.2 Å². The van der Waals surface area contributed by atoms with E-state index >= 15 is 0 Å². The van der Waals surface area contributed by atoms with Crippen molar-refractivity contribution >= 4 is 24.0 Å². The molecular formula is C19H27ClN4O4. The first-order chi connectivity index (χ1) is 13.0. The number of aromatic nitrogens is 2. The van der Waals surface area contributed by atoms with Gasteiger partial charge in [-0.3, -0.25) is 4.79 Å². The summed E-state index contributed by atoms with van der Waals surface area (Å²) in [4.78, 5) is 16.9. The van der Waals surface area contributed by atoms with Gasteiger partial charge >= 0.3 is 0 Å². The molecule has 9 heteroatoms. The minimum atomic E-state index is -0.0143. The van der Waals surface area contributed by atoms with Crippen molar-refractivity contribution in [2.75, 3.05) is 26.6 Å². The van der Waals surface area contributed by atoms with Crippen LogP contribution in [0.5, 0.6) is 11.5 Å². The number of amides is 1. The highest BCUT2D eigenvalue weighted by molar-refractivity contribution is 5.98. The molecule has 1 aromatic carbocycles. The summed E-state index contributed by atoms with van der Waals surface area (Å²) in [7, 11) is 4.99. The standard InChI is InChI=1S/C19H26N4O4.ClH/c1-10-6-12(10)18(24)21-14-9-16(26-5)15(25-4)8-13(14)19-22-17(23-27-19)7-11(2)20-3;/h8-12,20H,6-7H2,1-5H3,(H,21,24);1H. The maximum Gasteiger partial charge on any atom is 0.260 e. The Kier molecular flexibility index (Phi) is 7.26. The molecule has 0 spiro atoms. The fourth-order valence-corrected chi connectivity index (χ4v) is 2.89. The van der Waals surface area contributed by atoms with Crippen molar-refractivity contribution in [3.63, 3.8) is 0 Å². The molecule has 3 atom stereocenters. The largest absolute Gasteiger partial charge is 0.493 e. The third-order valence-electron chi connectivity index (χ3n) is 4.91. The Balaban J connectivity index is 0.00000280. The van der Waals surface area contributed by atoms with Crippen LogP contribution in [0.2, 0.25) is 0 Å². The number of methoxy groups -OCH3 is 2. The number of halogens is 1. The fourth-order valence-electron chi connectivity index (χ4n) is 2.89. The number of carbonyl (C=O) groups excluding carboxylic acids is 1. The van der Waals surface area contributed by atoms with Crippen molar-refractivity contribution in [2.24, 2.45) is 11.8 Å². The van der Waals surface area contributed by atoms with Crippen LogP contribution in [0.25, 0.3) is 11.5 Å². The molecule has 3 unspecified atom stereocenters. The van der Waals surface area contributed by atoms with Gasteiger partial charge in [0.25, 0.3) is 5.89 Å². The van der Waals surface area contributed by atoms with E-state index < -0.39 is 0 Å². The lowest BCUT2D eigenvalue weighted by molar-refractivity contribution is -0.117. The first-order valence-corrected chi connectivity index (χ1v) is 9.03. The van der Waals surface area contributed by atoms with E-state index in [9.17, 15) is 4.79 Å². The Morgan fingerprint density at radius 3 is 2.54 bits per heavy atom. The molecule has 1 aliphatic carbocycles. The molecule has 0 aliphatic heterocycles. The van der Waals surface area contributed by atoms with Crippen molar-refractivity contribution in [2.45, 2.75) is 32.7 Å². The van der Waals surface area contributed by atoms with Gasteiger partial charge in [-0.05, 0) is 32.4 Å². The maximum atomic E-state index is 12.5. The quantitative estimate of drug-likeness (QED) is 0.690. The van der Waals surface area contributed by atoms with Gasteiger partial charge in [0, 0.05) is 24.4 Å². The molecule has 0 radical (unpaired) electrons. The van der Waals surface area contributed by atoms with Gasteiger partial charge < -0.3 is 24.6 Å².